The van der Waals surface area contributed by atoms with Gasteiger partial charge >= 0.3 is 0 Å². The van der Waals surface area contributed by atoms with E-state index >= 15 is 0 Å². The predicted octanol–water partition coefficient (Wildman–Crippen LogP) is 4.79. The summed E-state index contributed by atoms with van der Waals surface area (Å²) in [5, 5.41) is 7.83. The Bertz CT molecular complexity index is 1190. The molecule has 2 aromatic carbocycles. The first kappa shape index (κ1) is 27.0. The first-order valence-corrected chi connectivity index (χ1v) is 12.4. The molecule has 1 aromatic heterocycles. The molecule has 2 N–H and O–H groups in total. The number of hydrogen-bond donors (Lipinski definition) is 2. The third kappa shape index (κ3) is 7.23. The zero-order valence-corrected chi connectivity index (χ0v) is 21.4. The maximum atomic E-state index is 11.9. The van der Waals surface area contributed by atoms with Gasteiger partial charge < -0.3 is 20.3 Å². The lowest BCUT2D eigenvalue weighted by Gasteiger charge is -2.28. The maximum Gasteiger partial charge on any atom is 0.247 e. The predicted molar refractivity (Wildman–Crippen MR) is 147 cm³/mol. The van der Waals surface area contributed by atoms with Crippen molar-refractivity contribution in [2.75, 3.05) is 45.7 Å². The van der Waals surface area contributed by atoms with Gasteiger partial charge in [0.2, 0.25) is 5.91 Å². The van der Waals surface area contributed by atoms with Gasteiger partial charge in [-0.1, -0.05) is 30.8 Å². The van der Waals surface area contributed by atoms with Gasteiger partial charge in [0.1, 0.15) is 11.4 Å². The summed E-state index contributed by atoms with van der Waals surface area (Å²) in [6.45, 7) is 9.63. The minimum absolute atomic E-state index is 0.315. The van der Waals surface area contributed by atoms with Crippen LogP contribution in [0, 0.1) is 5.92 Å². The number of aromatic nitrogens is 1. The number of amides is 1. The second kappa shape index (κ2) is 13.5. The molecule has 0 saturated carbocycles. The second-order valence-corrected chi connectivity index (χ2v) is 8.87. The molecule has 1 aliphatic heterocycles. The van der Waals surface area contributed by atoms with Crippen LogP contribution in [0.4, 0.5) is 5.69 Å². The molecular formula is C29H36N4O3. The monoisotopic (exact) mass is 488 g/mol. The molecule has 1 saturated heterocycles. The van der Waals surface area contributed by atoms with Crippen LogP contribution in [0.2, 0.25) is 0 Å². The number of nitrogens with one attached hydrogen (secondary N) is 2. The van der Waals surface area contributed by atoms with E-state index in [0.717, 1.165) is 22.3 Å². The number of pyridine rings is 1. The Balaban J connectivity index is 0.000000303. The van der Waals surface area contributed by atoms with Gasteiger partial charge in [0.25, 0.3) is 0 Å². The molecule has 36 heavy (non-hydrogen) atoms. The van der Waals surface area contributed by atoms with Gasteiger partial charge in [-0.2, -0.15) is 0 Å². The molecule has 4 rings (SSSR count). The van der Waals surface area contributed by atoms with E-state index in [9.17, 15) is 9.59 Å². The van der Waals surface area contributed by atoms with Crippen molar-refractivity contribution in [1.29, 1.82) is 0 Å². The van der Waals surface area contributed by atoms with E-state index in [1.54, 1.807) is 12.1 Å². The number of benzene rings is 2. The van der Waals surface area contributed by atoms with Crippen LogP contribution in [0.5, 0.6) is 5.75 Å². The summed E-state index contributed by atoms with van der Waals surface area (Å²) in [4.78, 5) is 29.6. The van der Waals surface area contributed by atoms with Crippen molar-refractivity contribution >= 4 is 28.7 Å². The fraction of sp³-hybridized carbons (Fsp3) is 0.345. The summed E-state index contributed by atoms with van der Waals surface area (Å²) in [5.74, 6) is 1.20. The molecule has 0 aliphatic carbocycles. The summed E-state index contributed by atoms with van der Waals surface area (Å²) in [5.41, 5.74) is 2.47. The van der Waals surface area contributed by atoms with Crippen molar-refractivity contribution in [2.45, 2.75) is 19.8 Å². The van der Waals surface area contributed by atoms with Gasteiger partial charge in [-0.05, 0) is 95.1 Å². The molecule has 3 aromatic rings. The first-order valence-electron chi connectivity index (χ1n) is 12.4. The summed E-state index contributed by atoms with van der Waals surface area (Å²) >= 11 is 0. The molecule has 0 bridgehead atoms. The fourth-order valence-corrected chi connectivity index (χ4v) is 4.27. The highest BCUT2D eigenvalue weighted by Gasteiger charge is 2.15. The normalized spacial score (nSPS) is 14.0. The number of likely N-dealkylation sites (tertiary alicyclic amines) is 1. The highest BCUT2D eigenvalue weighted by molar-refractivity contribution is 6.08. The van der Waals surface area contributed by atoms with Crippen LogP contribution >= 0.6 is 0 Å². The van der Waals surface area contributed by atoms with Crippen molar-refractivity contribution in [3.63, 3.8) is 0 Å². The lowest BCUT2D eigenvalue weighted by molar-refractivity contribution is -0.111. The zero-order valence-electron chi connectivity index (χ0n) is 21.4. The minimum atomic E-state index is -0.315. The average molecular weight is 489 g/mol. The topological polar surface area (TPSA) is 83.6 Å². The molecule has 0 spiro atoms. The van der Waals surface area contributed by atoms with Crippen LogP contribution in [0.25, 0.3) is 22.0 Å². The first-order chi connectivity index (χ1) is 17.5. The Morgan fingerprint density at radius 3 is 2.61 bits per heavy atom. The summed E-state index contributed by atoms with van der Waals surface area (Å²) in [7, 11) is 4.24. The fourth-order valence-electron chi connectivity index (χ4n) is 4.27. The Morgan fingerprint density at radius 2 is 1.94 bits per heavy atom. The van der Waals surface area contributed by atoms with Gasteiger partial charge in [-0.15, -0.1) is 0 Å². The van der Waals surface area contributed by atoms with E-state index in [0.29, 0.717) is 35.7 Å². The van der Waals surface area contributed by atoms with Crippen LogP contribution < -0.4 is 15.4 Å². The number of hydrogen-bond acceptors (Lipinski definition) is 6. The molecule has 1 amide bonds. The minimum Gasteiger partial charge on any atom is -0.492 e. The van der Waals surface area contributed by atoms with Crippen molar-refractivity contribution < 1.29 is 14.3 Å². The van der Waals surface area contributed by atoms with Gasteiger partial charge in [-0.25, -0.2) is 4.98 Å². The average Bonchev–Trinajstić information content (AvgIpc) is 2.91. The Morgan fingerprint density at radius 1 is 1.19 bits per heavy atom. The molecule has 7 heteroatoms. The molecule has 2 heterocycles. The van der Waals surface area contributed by atoms with Crippen LogP contribution in [0.15, 0.2) is 61.2 Å². The van der Waals surface area contributed by atoms with Gasteiger partial charge in [0.05, 0.1) is 18.0 Å². The van der Waals surface area contributed by atoms with Gasteiger partial charge in [-0.3, -0.25) is 9.59 Å². The van der Waals surface area contributed by atoms with E-state index < -0.39 is 0 Å². The quantitative estimate of drug-likeness (QED) is 0.351. The van der Waals surface area contributed by atoms with Crippen LogP contribution in [0.1, 0.15) is 30.3 Å². The molecule has 0 atom stereocenters. The smallest absolute Gasteiger partial charge is 0.247 e. The molecule has 190 valence electrons. The van der Waals surface area contributed by atoms with E-state index in [1.165, 1.54) is 38.6 Å². The second-order valence-electron chi connectivity index (χ2n) is 8.87. The number of aldehydes is 1. The Labute approximate surface area is 213 Å². The van der Waals surface area contributed by atoms with E-state index in [4.69, 9.17) is 4.74 Å². The number of ether oxygens (including phenoxy) is 1. The van der Waals surface area contributed by atoms with Crippen molar-refractivity contribution in [2.24, 2.45) is 5.92 Å². The highest BCUT2D eigenvalue weighted by atomic mass is 16.5. The van der Waals surface area contributed by atoms with Crippen molar-refractivity contribution in [1.82, 2.24) is 15.2 Å². The molecule has 1 fully saturated rings. The summed E-state index contributed by atoms with van der Waals surface area (Å²) in [6, 6.07) is 14.8. The number of rotatable bonds is 8. The SMILES string of the molecule is C=CC(=O)Nc1c(OCC)ccc2ccc(-c3cccc(C=O)n3)cc12.CNCC1CCN(C)CC1. The Kier molecular flexibility index (Phi) is 10.2. The summed E-state index contributed by atoms with van der Waals surface area (Å²) < 4.78 is 5.66. The van der Waals surface area contributed by atoms with Gasteiger partial charge in [0.15, 0.2) is 6.29 Å². The lowest BCUT2D eigenvalue weighted by atomic mass is 9.97. The van der Waals surface area contributed by atoms with E-state index in [2.05, 4.69) is 34.1 Å². The van der Waals surface area contributed by atoms with E-state index in [1.807, 2.05) is 50.4 Å². The summed E-state index contributed by atoms with van der Waals surface area (Å²) in [6.07, 6.45) is 4.68. The van der Waals surface area contributed by atoms with Gasteiger partial charge in [0, 0.05) is 10.9 Å². The maximum absolute atomic E-state index is 11.9. The van der Waals surface area contributed by atoms with E-state index in [-0.39, 0.29) is 5.91 Å². The van der Waals surface area contributed by atoms with Crippen molar-refractivity contribution in [3.8, 4) is 17.0 Å². The largest absolute Gasteiger partial charge is 0.492 e. The third-order valence-corrected chi connectivity index (χ3v) is 6.23. The number of piperidine rings is 1. The number of fused-ring (bicyclic) bond motifs is 1. The molecule has 7 nitrogen and oxygen atoms in total. The van der Waals surface area contributed by atoms with Crippen LogP contribution in [0.3, 0.4) is 0 Å². The molecular weight excluding hydrogens is 452 g/mol. The highest BCUT2D eigenvalue weighted by Crippen LogP contribution is 2.36. The number of nitrogens with zero attached hydrogens (tertiary/aromatic N) is 2. The van der Waals surface area contributed by atoms with Crippen molar-refractivity contribution in [3.05, 3.63) is 66.9 Å². The zero-order chi connectivity index (χ0) is 25.9. The number of carbonyl (C=O) groups excluding carboxylic acids is 2. The number of carbonyl (C=O) groups is 2. The molecule has 0 radical (unpaired) electrons. The Hall–Kier alpha value is -3.55. The lowest BCUT2D eigenvalue weighted by Crippen LogP contribution is -2.34. The third-order valence-electron chi connectivity index (χ3n) is 6.23. The van der Waals surface area contributed by atoms with Crippen LogP contribution in [-0.4, -0.2) is 62.4 Å². The molecule has 0 unspecified atom stereocenters. The standard InChI is InChI=1S/C21H18N2O3.C8H18N2/c1-3-20(25)23-21-17-12-15(18-7-5-6-16(13-24)22-18)9-8-14(17)10-11-19(21)26-4-2;1-9-7-8-3-5-10(2)6-4-8/h3,5-13H,1,4H2,2H3,(H,23,25);8-9H,3-7H2,1-2H3. The molecule has 1 aliphatic rings. The number of anilines is 1. The van der Waals surface area contributed by atoms with Crippen LogP contribution in [-0.2, 0) is 4.79 Å².